The lowest BCUT2D eigenvalue weighted by molar-refractivity contribution is 0.719. The van der Waals surface area contributed by atoms with Gasteiger partial charge in [0.2, 0.25) is 0 Å². The molecule has 2 aromatic heterocycles. The molecule has 0 N–H and O–H groups in total. The van der Waals surface area contributed by atoms with Crippen LogP contribution in [0.5, 0.6) is 0 Å². The molecule has 0 aromatic carbocycles. The number of fused-ring (bicyclic) bond motifs is 2. The molecular weight excluding hydrogens is 208 g/mol. The van der Waals surface area contributed by atoms with E-state index in [4.69, 9.17) is 0 Å². The van der Waals surface area contributed by atoms with Crippen molar-refractivity contribution in [3.8, 4) is 0 Å². The lowest BCUT2D eigenvalue weighted by atomic mass is 9.94. The Balaban J connectivity index is 2.19. The van der Waals surface area contributed by atoms with Gasteiger partial charge in [-0.15, -0.1) is 0 Å². The lowest BCUT2D eigenvalue weighted by Gasteiger charge is -2.15. The molecule has 0 unspecified atom stereocenters. The van der Waals surface area contributed by atoms with Gasteiger partial charge in [-0.25, -0.2) is 0 Å². The van der Waals surface area contributed by atoms with Crippen molar-refractivity contribution in [1.82, 2.24) is 9.97 Å². The SMILES string of the molecule is CCC1c2ncccc2CCc2cccnc21. The standard InChI is InChI=1S/C15H16N2/c1-2-13-14-11(5-3-9-16-14)7-8-12-6-4-10-17-15(12)13/h3-6,9-10,13H,2,7-8H2,1H3. The third-order valence-electron chi connectivity index (χ3n) is 3.58. The largest absolute Gasteiger partial charge is 0.260 e. The van der Waals surface area contributed by atoms with Crippen LogP contribution in [0.3, 0.4) is 0 Å². The molecule has 2 heterocycles. The molecule has 1 aliphatic carbocycles. The zero-order valence-corrected chi connectivity index (χ0v) is 10.1. The fourth-order valence-corrected chi connectivity index (χ4v) is 2.74. The van der Waals surface area contributed by atoms with E-state index in [0.717, 1.165) is 19.3 Å². The van der Waals surface area contributed by atoms with E-state index in [0.29, 0.717) is 5.92 Å². The summed E-state index contributed by atoms with van der Waals surface area (Å²) in [5.41, 5.74) is 5.23. The third-order valence-corrected chi connectivity index (χ3v) is 3.58. The first kappa shape index (κ1) is 10.5. The van der Waals surface area contributed by atoms with Crippen molar-refractivity contribution in [2.24, 2.45) is 0 Å². The Morgan fingerprint density at radius 3 is 2.00 bits per heavy atom. The van der Waals surface area contributed by atoms with Gasteiger partial charge in [0.25, 0.3) is 0 Å². The van der Waals surface area contributed by atoms with Crippen LogP contribution in [0.15, 0.2) is 36.7 Å². The molecule has 2 aromatic rings. The summed E-state index contributed by atoms with van der Waals surface area (Å²) in [6.45, 7) is 2.22. The number of nitrogens with zero attached hydrogens (tertiary/aromatic N) is 2. The summed E-state index contributed by atoms with van der Waals surface area (Å²) in [4.78, 5) is 9.18. The van der Waals surface area contributed by atoms with E-state index in [1.807, 2.05) is 24.5 Å². The molecule has 0 radical (unpaired) electrons. The van der Waals surface area contributed by atoms with E-state index in [1.165, 1.54) is 22.5 Å². The van der Waals surface area contributed by atoms with Crippen LogP contribution >= 0.6 is 0 Å². The number of rotatable bonds is 1. The van der Waals surface area contributed by atoms with Gasteiger partial charge in [-0.05, 0) is 42.5 Å². The quantitative estimate of drug-likeness (QED) is 0.743. The number of hydrogen-bond donors (Lipinski definition) is 0. The number of aromatic nitrogens is 2. The molecule has 17 heavy (non-hydrogen) atoms. The molecule has 0 saturated heterocycles. The second-order valence-corrected chi connectivity index (χ2v) is 4.56. The minimum Gasteiger partial charge on any atom is -0.260 e. The summed E-state index contributed by atoms with van der Waals surface area (Å²) >= 11 is 0. The van der Waals surface area contributed by atoms with E-state index in [2.05, 4.69) is 29.0 Å². The maximum atomic E-state index is 4.59. The Labute approximate surface area is 102 Å². The van der Waals surface area contributed by atoms with E-state index >= 15 is 0 Å². The predicted octanol–water partition coefficient (Wildman–Crippen LogP) is 3.12. The summed E-state index contributed by atoms with van der Waals surface area (Å²) in [7, 11) is 0. The highest BCUT2D eigenvalue weighted by Crippen LogP contribution is 2.33. The summed E-state index contributed by atoms with van der Waals surface area (Å²) in [6.07, 6.45) is 7.02. The van der Waals surface area contributed by atoms with E-state index < -0.39 is 0 Å². The summed E-state index contributed by atoms with van der Waals surface area (Å²) < 4.78 is 0. The first-order chi connectivity index (χ1) is 8.40. The Kier molecular flexibility index (Phi) is 2.63. The molecule has 0 fully saturated rings. The monoisotopic (exact) mass is 224 g/mol. The number of hydrogen-bond acceptors (Lipinski definition) is 2. The molecule has 0 amide bonds. The third kappa shape index (κ3) is 1.74. The van der Waals surface area contributed by atoms with Crippen LogP contribution in [0.4, 0.5) is 0 Å². The molecule has 0 spiro atoms. The minimum atomic E-state index is 0.366. The van der Waals surface area contributed by atoms with Crippen molar-refractivity contribution >= 4 is 0 Å². The van der Waals surface area contributed by atoms with E-state index in [1.54, 1.807) is 0 Å². The van der Waals surface area contributed by atoms with Crippen molar-refractivity contribution in [2.45, 2.75) is 32.1 Å². The first-order valence-electron chi connectivity index (χ1n) is 6.27. The van der Waals surface area contributed by atoms with Gasteiger partial charge >= 0.3 is 0 Å². The maximum absolute atomic E-state index is 4.59. The molecule has 0 bridgehead atoms. The Hall–Kier alpha value is -1.70. The second-order valence-electron chi connectivity index (χ2n) is 4.56. The van der Waals surface area contributed by atoms with Crippen LogP contribution in [0, 0.1) is 0 Å². The van der Waals surface area contributed by atoms with Crippen molar-refractivity contribution in [1.29, 1.82) is 0 Å². The van der Waals surface area contributed by atoms with Gasteiger partial charge in [0.1, 0.15) is 0 Å². The van der Waals surface area contributed by atoms with Crippen LogP contribution < -0.4 is 0 Å². The average Bonchev–Trinajstić information content (AvgIpc) is 2.55. The van der Waals surface area contributed by atoms with Crippen LogP contribution in [0.2, 0.25) is 0 Å². The lowest BCUT2D eigenvalue weighted by Crippen LogP contribution is -2.06. The van der Waals surface area contributed by atoms with Gasteiger partial charge < -0.3 is 0 Å². The molecule has 0 atom stereocenters. The zero-order valence-electron chi connectivity index (χ0n) is 10.1. The van der Waals surface area contributed by atoms with Crippen LogP contribution in [-0.4, -0.2) is 9.97 Å². The fourth-order valence-electron chi connectivity index (χ4n) is 2.74. The Morgan fingerprint density at radius 1 is 1.00 bits per heavy atom. The highest BCUT2D eigenvalue weighted by atomic mass is 14.7. The van der Waals surface area contributed by atoms with Gasteiger partial charge in [0.15, 0.2) is 0 Å². The normalized spacial score (nSPS) is 14.9. The van der Waals surface area contributed by atoms with Gasteiger partial charge in [0.05, 0.1) is 11.4 Å². The summed E-state index contributed by atoms with van der Waals surface area (Å²) in [6, 6.07) is 8.48. The molecule has 0 saturated carbocycles. The molecular formula is C15H16N2. The van der Waals surface area contributed by atoms with Crippen molar-refractivity contribution < 1.29 is 0 Å². The van der Waals surface area contributed by atoms with Crippen LogP contribution in [0.25, 0.3) is 0 Å². The first-order valence-corrected chi connectivity index (χ1v) is 6.27. The minimum absolute atomic E-state index is 0.366. The van der Waals surface area contributed by atoms with E-state index in [9.17, 15) is 0 Å². The molecule has 86 valence electrons. The molecule has 3 rings (SSSR count). The second kappa shape index (κ2) is 4.28. The molecule has 1 aliphatic rings. The fraction of sp³-hybridized carbons (Fsp3) is 0.333. The maximum Gasteiger partial charge on any atom is 0.0526 e. The van der Waals surface area contributed by atoms with Gasteiger partial charge in [0, 0.05) is 18.3 Å². The van der Waals surface area contributed by atoms with Crippen LogP contribution in [0.1, 0.15) is 41.8 Å². The highest BCUT2D eigenvalue weighted by Gasteiger charge is 2.23. The van der Waals surface area contributed by atoms with Gasteiger partial charge in [-0.2, -0.15) is 0 Å². The molecule has 0 aliphatic heterocycles. The van der Waals surface area contributed by atoms with Gasteiger partial charge in [-0.3, -0.25) is 9.97 Å². The highest BCUT2D eigenvalue weighted by molar-refractivity contribution is 5.38. The van der Waals surface area contributed by atoms with Crippen molar-refractivity contribution in [3.05, 3.63) is 59.2 Å². The molecule has 2 nitrogen and oxygen atoms in total. The number of aryl methyl sites for hydroxylation is 2. The topological polar surface area (TPSA) is 25.8 Å². The summed E-state index contributed by atoms with van der Waals surface area (Å²) in [5, 5.41) is 0. The van der Waals surface area contributed by atoms with E-state index in [-0.39, 0.29) is 0 Å². The predicted molar refractivity (Wildman–Crippen MR) is 68.0 cm³/mol. The molecule has 2 heteroatoms. The van der Waals surface area contributed by atoms with Crippen LogP contribution in [-0.2, 0) is 12.8 Å². The average molecular weight is 224 g/mol. The van der Waals surface area contributed by atoms with Gasteiger partial charge in [-0.1, -0.05) is 19.1 Å². The zero-order chi connectivity index (χ0) is 11.7. The Morgan fingerprint density at radius 2 is 1.53 bits per heavy atom. The Bertz CT molecular complexity index is 486. The van der Waals surface area contributed by atoms with Crippen molar-refractivity contribution in [2.75, 3.05) is 0 Å². The summed E-state index contributed by atoms with van der Waals surface area (Å²) in [5.74, 6) is 0.366. The van der Waals surface area contributed by atoms with Crippen molar-refractivity contribution in [3.63, 3.8) is 0 Å². The smallest absolute Gasteiger partial charge is 0.0526 e. The number of pyridine rings is 2.